The van der Waals surface area contributed by atoms with Crippen LogP contribution in [-0.2, 0) is 4.74 Å². The number of nitrogens with one attached hydrogen (secondary N) is 2. The number of hydrogen-bond acceptors (Lipinski definition) is 5. The zero-order valence-corrected chi connectivity index (χ0v) is 10.6. The van der Waals surface area contributed by atoms with E-state index in [4.69, 9.17) is 4.74 Å². The van der Waals surface area contributed by atoms with Crippen LogP contribution in [0.5, 0.6) is 0 Å². The Bertz CT molecular complexity index is 407. The molecular weight excluding hydrogens is 232 g/mol. The summed E-state index contributed by atoms with van der Waals surface area (Å²) >= 11 is 0. The molecule has 0 spiro atoms. The van der Waals surface area contributed by atoms with Gasteiger partial charge in [-0.15, -0.1) is 10.2 Å². The predicted octanol–water partition coefficient (Wildman–Crippen LogP) is 0.816. The Balaban J connectivity index is 1.95. The number of ether oxygens (including phenoxy) is 1. The maximum Gasteiger partial charge on any atom is 0.271 e. The SMILES string of the molecule is CNC(=O)c1ccc(NC2CCOC(C)C2)nn1. The zero-order chi connectivity index (χ0) is 13.0. The Morgan fingerprint density at radius 3 is 2.89 bits per heavy atom. The van der Waals surface area contributed by atoms with E-state index in [9.17, 15) is 4.79 Å². The van der Waals surface area contributed by atoms with E-state index in [1.54, 1.807) is 19.2 Å². The molecule has 1 amide bonds. The van der Waals surface area contributed by atoms with E-state index in [2.05, 4.69) is 27.8 Å². The van der Waals surface area contributed by atoms with Gasteiger partial charge in [-0.2, -0.15) is 0 Å². The molecule has 18 heavy (non-hydrogen) atoms. The third-order valence-electron chi connectivity index (χ3n) is 2.96. The highest BCUT2D eigenvalue weighted by Gasteiger charge is 2.19. The summed E-state index contributed by atoms with van der Waals surface area (Å²) in [7, 11) is 1.57. The largest absolute Gasteiger partial charge is 0.378 e. The van der Waals surface area contributed by atoms with Crippen LogP contribution >= 0.6 is 0 Å². The van der Waals surface area contributed by atoms with Crippen LogP contribution < -0.4 is 10.6 Å². The van der Waals surface area contributed by atoms with Gasteiger partial charge in [-0.05, 0) is 31.9 Å². The van der Waals surface area contributed by atoms with Crippen LogP contribution in [0.3, 0.4) is 0 Å². The lowest BCUT2D eigenvalue weighted by Gasteiger charge is -2.28. The highest BCUT2D eigenvalue weighted by molar-refractivity contribution is 5.91. The molecular formula is C12H18N4O2. The predicted molar refractivity (Wildman–Crippen MR) is 67.5 cm³/mol. The third kappa shape index (κ3) is 3.16. The minimum atomic E-state index is -0.228. The molecule has 1 aromatic rings. The Hall–Kier alpha value is -1.69. The van der Waals surface area contributed by atoms with E-state index < -0.39 is 0 Å². The zero-order valence-electron chi connectivity index (χ0n) is 10.6. The van der Waals surface area contributed by atoms with Gasteiger partial charge < -0.3 is 15.4 Å². The second kappa shape index (κ2) is 5.77. The summed E-state index contributed by atoms with van der Waals surface area (Å²) in [4.78, 5) is 11.3. The summed E-state index contributed by atoms with van der Waals surface area (Å²) in [5.41, 5.74) is 0.323. The Morgan fingerprint density at radius 2 is 2.28 bits per heavy atom. The van der Waals surface area contributed by atoms with Crippen LogP contribution in [0.2, 0.25) is 0 Å². The van der Waals surface area contributed by atoms with Crippen molar-refractivity contribution in [3.8, 4) is 0 Å². The van der Waals surface area contributed by atoms with Crippen molar-refractivity contribution in [3.05, 3.63) is 17.8 Å². The molecule has 0 aromatic carbocycles. The first-order valence-corrected chi connectivity index (χ1v) is 6.13. The minimum Gasteiger partial charge on any atom is -0.378 e. The molecule has 1 aliphatic heterocycles. The molecule has 0 radical (unpaired) electrons. The summed E-state index contributed by atoms with van der Waals surface area (Å²) in [6.07, 6.45) is 2.19. The van der Waals surface area contributed by atoms with E-state index in [1.807, 2.05) is 0 Å². The quantitative estimate of drug-likeness (QED) is 0.830. The van der Waals surface area contributed by atoms with Crippen molar-refractivity contribution in [2.75, 3.05) is 19.0 Å². The van der Waals surface area contributed by atoms with Gasteiger partial charge >= 0.3 is 0 Å². The first-order chi connectivity index (χ1) is 8.69. The Morgan fingerprint density at radius 1 is 1.44 bits per heavy atom. The number of carbonyl (C=O) groups is 1. The smallest absolute Gasteiger partial charge is 0.271 e. The molecule has 6 nitrogen and oxygen atoms in total. The monoisotopic (exact) mass is 250 g/mol. The third-order valence-corrected chi connectivity index (χ3v) is 2.96. The average molecular weight is 250 g/mol. The summed E-state index contributed by atoms with van der Waals surface area (Å²) in [6, 6.07) is 3.79. The molecule has 98 valence electrons. The van der Waals surface area contributed by atoms with Crippen LogP contribution in [0.4, 0.5) is 5.82 Å². The van der Waals surface area contributed by atoms with E-state index in [0.717, 1.165) is 19.4 Å². The normalized spacial score (nSPS) is 23.4. The van der Waals surface area contributed by atoms with E-state index in [-0.39, 0.29) is 12.0 Å². The summed E-state index contributed by atoms with van der Waals surface area (Å²) in [5.74, 6) is 0.468. The highest BCUT2D eigenvalue weighted by Crippen LogP contribution is 2.17. The molecule has 0 saturated carbocycles. The van der Waals surface area contributed by atoms with Gasteiger partial charge in [0.25, 0.3) is 5.91 Å². The number of aromatic nitrogens is 2. The second-order valence-electron chi connectivity index (χ2n) is 4.43. The standard InChI is InChI=1S/C12H18N4O2/c1-8-7-9(5-6-18-8)14-11-4-3-10(15-16-11)12(17)13-2/h3-4,8-9H,5-7H2,1-2H3,(H,13,17)(H,14,16). The lowest BCUT2D eigenvalue weighted by molar-refractivity contribution is 0.0231. The summed E-state index contributed by atoms with van der Waals surface area (Å²) in [5, 5.41) is 13.7. The first-order valence-electron chi connectivity index (χ1n) is 6.13. The summed E-state index contributed by atoms with van der Waals surface area (Å²) in [6.45, 7) is 2.83. The first kappa shape index (κ1) is 12.8. The van der Waals surface area contributed by atoms with Crippen molar-refractivity contribution in [1.29, 1.82) is 0 Å². The Labute approximate surface area is 106 Å². The van der Waals surface area contributed by atoms with Gasteiger partial charge in [0.1, 0.15) is 5.82 Å². The average Bonchev–Trinajstić information content (AvgIpc) is 2.39. The summed E-state index contributed by atoms with van der Waals surface area (Å²) < 4.78 is 5.48. The van der Waals surface area contributed by atoms with Gasteiger partial charge in [0.2, 0.25) is 0 Å². The van der Waals surface area contributed by atoms with Crippen LogP contribution in [0, 0.1) is 0 Å². The van der Waals surface area contributed by atoms with E-state index in [0.29, 0.717) is 17.6 Å². The maximum atomic E-state index is 11.3. The van der Waals surface area contributed by atoms with Crippen molar-refractivity contribution < 1.29 is 9.53 Å². The van der Waals surface area contributed by atoms with Gasteiger partial charge in [-0.3, -0.25) is 4.79 Å². The molecule has 2 atom stereocenters. The second-order valence-corrected chi connectivity index (χ2v) is 4.43. The lowest BCUT2D eigenvalue weighted by Crippen LogP contribution is -2.32. The van der Waals surface area contributed by atoms with Crippen molar-refractivity contribution in [2.45, 2.75) is 31.9 Å². The fourth-order valence-corrected chi connectivity index (χ4v) is 2.00. The molecule has 0 aliphatic carbocycles. The Kier molecular flexibility index (Phi) is 4.09. The van der Waals surface area contributed by atoms with Gasteiger partial charge in [-0.25, -0.2) is 0 Å². The molecule has 2 unspecified atom stereocenters. The van der Waals surface area contributed by atoms with E-state index >= 15 is 0 Å². The molecule has 2 N–H and O–H groups in total. The van der Waals surface area contributed by atoms with Crippen molar-refractivity contribution in [2.24, 2.45) is 0 Å². The van der Waals surface area contributed by atoms with E-state index in [1.165, 1.54) is 0 Å². The molecule has 6 heteroatoms. The highest BCUT2D eigenvalue weighted by atomic mass is 16.5. The molecule has 1 aliphatic rings. The van der Waals surface area contributed by atoms with Crippen LogP contribution in [-0.4, -0.2) is 41.9 Å². The fourth-order valence-electron chi connectivity index (χ4n) is 2.00. The van der Waals surface area contributed by atoms with Crippen LogP contribution in [0.15, 0.2) is 12.1 Å². The maximum absolute atomic E-state index is 11.3. The lowest BCUT2D eigenvalue weighted by atomic mass is 10.0. The molecule has 2 heterocycles. The fraction of sp³-hybridized carbons (Fsp3) is 0.583. The van der Waals surface area contributed by atoms with Crippen LogP contribution in [0.1, 0.15) is 30.3 Å². The topological polar surface area (TPSA) is 76.1 Å². The van der Waals surface area contributed by atoms with Gasteiger partial charge in [0.15, 0.2) is 5.69 Å². The van der Waals surface area contributed by atoms with Gasteiger partial charge in [0, 0.05) is 19.7 Å². The number of hydrogen-bond donors (Lipinski definition) is 2. The number of carbonyl (C=O) groups excluding carboxylic acids is 1. The number of rotatable bonds is 3. The number of anilines is 1. The number of nitrogens with zero attached hydrogens (tertiary/aromatic N) is 2. The molecule has 1 saturated heterocycles. The molecule has 1 aromatic heterocycles. The minimum absolute atomic E-state index is 0.228. The van der Waals surface area contributed by atoms with Crippen molar-refractivity contribution in [3.63, 3.8) is 0 Å². The van der Waals surface area contributed by atoms with Gasteiger partial charge in [-0.1, -0.05) is 0 Å². The molecule has 1 fully saturated rings. The van der Waals surface area contributed by atoms with Gasteiger partial charge in [0.05, 0.1) is 6.10 Å². The molecule has 0 bridgehead atoms. The van der Waals surface area contributed by atoms with Crippen molar-refractivity contribution in [1.82, 2.24) is 15.5 Å². The van der Waals surface area contributed by atoms with Crippen LogP contribution in [0.25, 0.3) is 0 Å². The number of amides is 1. The molecule has 2 rings (SSSR count). The van der Waals surface area contributed by atoms with Crippen molar-refractivity contribution >= 4 is 11.7 Å².